The van der Waals surface area contributed by atoms with Gasteiger partial charge in [0, 0.05) is 0 Å². The first kappa shape index (κ1) is 11.8. The normalized spacial score (nSPS) is 40.5. The van der Waals surface area contributed by atoms with Crippen LogP contribution in [0.3, 0.4) is 0 Å². The molecule has 1 aliphatic heterocycles. The maximum absolute atomic E-state index is 6.04. The molecule has 0 aromatic heterocycles. The molecule has 3 aliphatic rings. The summed E-state index contributed by atoms with van der Waals surface area (Å²) >= 11 is 0. The van der Waals surface area contributed by atoms with Crippen molar-refractivity contribution in [3.05, 3.63) is 11.5 Å². The van der Waals surface area contributed by atoms with Crippen molar-refractivity contribution in [2.75, 3.05) is 0 Å². The second-order valence-electron chi connectivity index (χ2n) is 6.95. The predicted molar refractivity (Wildman–Crippen MR) is 69.6 cm³/mol. The van der Waals surface area contributed by atoms with Crippen molar-refractivity contribution in [3.63, 3.8) is 0 Å². The molecule has 2 bridgehead atoms. The monoisotopic (exact) mass is 234 g/mol. The van der Waals surface area contributed by atoms with E-state index in [1.165, 1.54) is 25.7 Å². The molecule has 17 heavy (non-hydrogen) atoms. The largest absolute Gasteiger partial charge is 0.487 e. The number of fused-ring (bicyclic) bond motifs is 2. The second kappa shape index (κ2) is 3.61. The van der Waals surface area contributed by atoms with Gasteiger partial charge >= 0.3 is 7.12 Å². The molecule has 2 nitrogen and oxygen atoms in total. The van der Waals surface area contributed by atoms with Crippen LogP contribution in [0.15, 0.2) is 11.5 Å². The molecule has 0 radical (unpaired) electrons. The van der Waals surface area contributed by atoms with Gasteiger partial charge in [-0.1, -0.05) is 11.5 Å². The molecule has 2 atom stereocenters. The van der Waals surface area contributed by atoms with E-state index in [2.05, 4.69) is 33.7 Å². The zero-order valence-electron chi connectivity index (χ0n) is 11.5. The van der Waals surface area contributed by atoms with E-state index in [1.54, 1.807) is 5.57 Å². The summed E-state index contributed by atoms with van der Waals surface area (Å²) < 4.78 is 12.1. The highest BCUT2D eigenvalue weighted by Crippen LogP contribution is 2.48. The Labute approximate surface area is 105 Å². The van der Waals surface area contributed by atoms with Crippen molar-refractivity contribution < 1.29 is 9.31 Å². The lowest BCUT2D eigenvalue weighted by Crippen LogP contribution is -2.41. The summed E-state index contributed by atoms with van der Waals surface area (Å²) in [7, 11) is -0.130. The molecule has 94 valence electrons. The molecule has 0 aromatic carbocycles. The van der Waals surface area contributed by atoms with Crippen molar-refractivity contribution in [1.82, 2.24) is 0 Å². The third kappa shape index (κ3) is 1.88. The van der Waals surface area contributed by atoms with Gasteiger partial charge in [0.1, 0.15) is 0 Å². The van der Waals surface area contributed by atoms with Crippen LogP contribution < -0.4 is 0 Å². The van der Waals surface area contributed by atoms with E-state index in [0.29, 0.717) is 0 Å². The molecule has 3 rings (SSSR count). The van der Waals surface area contributed by atoms with E-state index >= 15 is 0 Å². The Hall–Kier alpha value is -0.275. The van der Waals surface area contributed by atoms with Gasteiger partial charge < -0.3 is 9.31 Å². The molecular formula is C14H23BO2. The third-order valence-corrected chi connectivity index (χ3v) is 5.21. The summed E-state index contributed by atoms with van der Waals surface area (Å²) in [5.74, 6) is 4.05. The van der Waals surface area contributed by atoms with Crippen LogP contribution in [0.25, 0.3) is 0 Å². The van der Waals surface area contributed by atoms with Crippen LogP contribution in [0.5, 0.6) is 0 Å². The SMILES string of the molecule is CC1(C)OB(/C=C2\CC3CCC2C3)OC1(C)C. The quantitative estimate of drug-likeness (QED) is 0.647. The molecule has 1 saturated heterocycles. The van der Waals surface area contributed by atoms with Gasteiger partial charge in [0.2, 0.25) is 0 Å². The van der Waals surface area contributed by atoms with Crippen molar-refractivity contribution in [2.24, 2.45) is 11.8 Å². The lowest BCUT2D eigenvalue weighted by molar-refractivity contribution is 0.00578. The van der Waals surface area contributed by atoms with E-state index in [0.717, 1.165) is 11.8 Å². The number of hydrogen-bond acceptors (Lipinski definition) is 2. The molecule has 2 saturated carbocycles. The summed E-state index contributed by atoms with van der Waals surface area (Å²) in [6.07, 6.45) is 5.52. The van der Waals surface area contributed by atoms with Gasteiger partial charge in [0.15, 0.2) is 0 Å². The van der Waals surface area contributed by atoms with Crippen LogP contribution in [-0.2, 0) is 9.31 Å². The van der Waals surface area contributed by atoms with Crippen LogP contribution in [-0.4, -0.2) is 18.3 Å². The number of hydrogen-bond donors (Lipinski definition) is 0. The van der Waals surface area contributed by atoms with Gasteiger partial charge in [0.05, 0.1) is 11.2 Å². The molecule has 3 fully saturated rings. The fraction of sp³-hybridized carbons (Fsp3) is 0.857. The van der Waals surface area contributed by atoms with Crippen LogP contribution >= 0.6 is 0 Å². The fourth-order valence-electron chi connectivity index (χ4n) is 3.43. The molecule has 3 heteroatoms. The number of rotatable bonds is 1. The van der Waals surface area contributed by atoms with Gasteiger partial charge in [-0.2, -0.15) is 0 Å². The van der Waals surface area contributed by atoms with Crippen molar-refractivity contribution >= 4 is 7.12 Å². The van der Waals surface area contributed by atoms with Crippen LogP contribution in [0.2, 0.25) is 0 Å². The van der Waals surface area contributed by atoms with Crippen LogP contribution in [0.1, 0.15) is 53.4 Å². The summed E-state index contributed by atoms with van der Waals surface area (Å²) in [5.41, 5.74) is 1.19. The maximum Gasteiger partial charge on any atom is 0.487 e. The van der Waals surface area contributed by atoms with Gasteiger partial charge in [0.25, 0.3) is 0 Å². The second-order valence-corrected chi connectivity index (χ2v) is 6.95. The summed E-state index contributed by atoms with van der Waals surface area (Å²) in [5, 5.41) is 0. The van der Waals surface area contributed by atoms with Gasteiger partial charge in [-0.05, 0) is 65.2 Å². The Bertz CT molecular complexity index is 343. The highest BCUT2D eigenvalue weighted by atomic mass is 16.7. The minimum Gasteiger partial charge on any atom is -0.400 e. The van der Waals surface area contributed by atoms with Gasteiger partial charge in [-0.25, -0.2) is 0 Å². The van der Waals surface area contributed by atoms with Crippen molar-refractivity contribution in [1.29, 1.82) is 0 Å². The Morgan fingerprint density at radius 1 is 1.12 bits per heavy atom. The highest BCUT2D eigenvalue weighted by Gasteiger charge is 2.50. The standard InChI is InChI=1S/C14H23BO2/c1-13(2)14(3,4)17-15(16-13)9-12-8-10-5-6-11(12)7-10/h9-11H,5-8H2,1-4H3/b12-9+. The topological polar surface area (TPSA) is 18.5 Å². The molecule has 0 aromatic rings. The molecule has 0 N–H and O–H groups in total. The molecule has 1 heterocycles. The van der Waals surface area contributed by atoms with Crippen LogP contribution in [0, 0.1) is 11.8 Å². The van der Waals surface area contributed by atoms with Crippen molar-refractivity contribution in [2.45, 2.75) is 64.6 Å². The Morgan fingerprint density at radius 3 is 2.24 bits per heavy atom. The highest BCUT2D eigenvalue weighted by molar-refractivity contribution is 6.51. The summed E-state index contributed by atoms with van der Waals surface area (Å²) in [6, 6.07) is 0. The van der Waals surface area contributed by atoms with E-state index in [4.69, 9.17) is 9.31 Å². The van der Waals surface area contributed by atoms with Gasteiger partial charge in [-0.15, -0.1) is 0 Å². The molecule has 0 spiro atoms. The molecule has 2 aliphatic carbocycles. The van der Waals surface area contributed by atoms with E-state index in [1.807, 2.05) is 0 Å². The fourth-order valence-corrected chi connectivity index (χ4v) is 3.43. The Kier molecular flexibility index (Phi) is 2.51. The minimum atomic E-state index is -0.202. The van der Waals surface area contributed by atoms with Gasteiger partial charge in [-0.3, -0.25) is 0 Å². The average molecular weight is 234 g/mol. The smallest absolute Gasteiger partial charge is 0.400 e. The lowest BCUT2D eigenvalue weighted by Gasteiger charge is -2.32. The molecular weight excluding hydrogens is 211 g/mol. The Morgan fingerprint density at radius 2 is 1.76 bits per heavy atom. The van der Waals surface area contributed by atoms with Crippen LogP contribution in [0.4, 0.5) is 0 Å². The Balaban J connectivity index is 1.74. The first-order valence-corrected chi connectivity index (χ1v) is 6.94. The first-order chi connectivity index (χ1) is 7.87. The summed E-state index contributed by atoms with van der Waals surface area (Å²) in [4.78, 5) is 0. The van der Waals surface area contributed by atoms with E-state index in [-0.39, 0.29) is 18.3 Å². The maximum atomic E-state index is 6.04. The summed E-state index contributed by atoms with van der Waals surface area (Å²) in [6.45, 7) is 8.47. The molecule has 0 amide bonds. The average Bonchev–Trinajstić information content (AvgIpc) is 2.80. The predicted octanol–water partition coefficient (Wildman–Crippen LogP) is 3.36. The zero-order valence-corrected chi connectivity index (χ0v) is 11.5. The first-order valence-electron chi connectivity index (χ1n) is 6.94. The lowest BCUT2D eigenvalue weighted by atomic mass is 9.82. The van der Waals surface area contributed by atoms with Crippen molar-refractivity contribution in [3.8, 4) is 0 Å². The third-order valence-electron chi connectivity index (χ3n) is 5.21. The molecule has 2 unspecified atom stereocenters. The van der Waals surface area contributed by atoms with E-state index in [9.17, 15) is 0 Å². The minimum absolute atomic E-state index is 0.130. The number of allylic oxidation sites excluding steroid dienone is 1. The zero-order chi connectivity index (χ0) is 12.3. The van der Waals surface area contributed by atoms with E-state index < -0.39 is 0 Å².